The minimum absolute atomic E-state index is 0.115. The molecule has 0 spiro atoms. The van der Waals surface area contributed by atoms with Crippen molar-refractivity contribution in [3.63, 3.8) is 0 Å². The number of methoxy groups -OCH3 is 2. The Kier molecular flexibility index (Phi) is 4.75. The van der Waals surface area contributed by atoms with E-state index < -0.39 is 0 Å². The highest BCUT2D eigenvalue weighted by Crippen LogP contribution is 2.42. The summed E-state index contributed by atoms with van der Waals surface area (Å²) >= 11 is 0. The van der Waals surface area contributed by atoms with Crippen LogP contribution in [0.4, 0.5) is 5.69 Å². The normalized spacial score (nSPS) is 23.0. The van der Waals surface area contributed by atoms with Crippen LogP contribution in [-0.4, -0.2) is 31.5 Å². The molecular formula is C20H30N2O2. The number of anilines is 1. The lowest BCUT2D eigenvalue weighted by Crippen LogP contribution is -2.35. The predicted octanol–water partition coefficient (Wildman–Crippen LogP) is 4.67. The van der Waals surface area contributed by atoms with Crippen molar-refractivity contribution >= 4 is 11.4 Å². The molecule has 132 valence electrons. The van der Waals surface area contributed by atoms with Gasteiger partial charge in [0.15, 0.2) is 0 Å². The van der Waals surface area contributed by atoms with Crippen LogP contribution in [0.2, 0.25) is 0 Å². The molecule has 1 fully saturated rings. The lowest BCUT2D eigenvalue weighted by atomic mass is 9.82. The molecule has 1 atom stereocenters. The van der Waals surface area contributed by atoms with Gasteiger partial charge in [0.25, 0.3) is 0 Å². The SMILES string of the molecule is COc1cc2c(c(OC)c1)C(=NC(C)(C)C)C(C1CCCCC1)N2. The number of ether oxygens (including phenoxy) is 2. The zero-order valence-electron chi connectivity index (χ0n) is 15.6. The van der Waals surface area contributed by atoms with Gasteiger partial charge in [0.1, 0.15) is 11.5 Å². The highest BCUT2D eigenvalue weighted by atomic mass is 16.5. The minimum atomic E-state index is -0.115. The fourth-order valence-corrected chi connectivity index (χ4v) is 3.93. The maximum atomic E-state index is 5.68. The topological polar surface area (TPSA) is 42.9 Å². The molecule has 3 rings (SSSR count). The molecule has 4 heteroatoms. The molecule has 1 N–H and O–H groups in total. The Morgan fingerprint density at radius 1 is 1.04 bits per heavy atom. The first-order chi connectivity index (χ1) is 11.4. The average molecular weight is 330 g/mol. The number of fused-ring (bicyclic) bond motifs is 1. The van der Waals surface area contributed by atoms with Gasteiger partial charge in [-0.1, -0.05) is 19.3 Å². The first kappa shape index (κ1) is 17.1. The van der Waals surface area contributed by atoms with Gasteiger partial charge >= 0.3 is 0 Å². The van der Waals surface area contributed by atoms with Crippen molar-refractivity contribution < 1.29 is 9.47 Å². The van der Waals surface area contributed by atoms with E-state index in [4.69, 9.17) is 14.5 Å². The average Bonchev–Trinajstić information content (AvgIpc) is 2.91. The van der Waals surface area contributed by atoms with Crippen molar-refractivity contribution in [3.8, 4) is 11.5 Å². The van der Waals surface area contributed by atoms with Gasteiger partial charge in [-0.3, -0.25) is 4.99 Å². The molecule has 1 saturated carbocycles. The summed E-state index contributed by atoms with van der Waals surface area (Å²) < 4.78 is 11.1. The Morgan fingerprint density at radius 2 is 1.75 bits per heavy atom. The predicted molar refractivity (Wildman–Crippen MR) is 99.8 cm³/mol. The number of benzene rings is 1. The van der Waals surface area contributed by atoms with Crippen molar-refractivity contribution in [1.82, 2.24) is 0 Å². The molecule has 1 aromatic carbocycles. The Balaban J connectivity index is 2.08. The summed E-state index contributed by atoms with van der Waals surface area (Å²) in [6.45, 7) is 6.48. The second kappa shape index (κ2) is 6.66. The van der Waals surface area contributed by atoms with Gasteiger partial charge in [-0.25, -0.2) is 0 Å². The third-order valence-corrected chi connectivity index (χ3v) is 4.97. The summed E-state index contributed by atoms with van der Waals surface area (Å²) in [7, 11) is 3.41. The summed E-state index contributed by atoms with van der Waals surface area (Å²) in [5.74, 6) is 2.30. The first-order valence-electron chi connectivity index (χ1n) is 9.05. The van der Waals surface area contributed by atoms with Crippen molar-refractivity contribution in [1.29, 1.82) is 0 Å². The monoisotopic (exact) mass is 330 g/mol. The van der Waals surface area contributed by atoms with Crippen LogP contribution in [0.25, 0.3) is 0 Å². The van der Waals surface area contributed by atoms with E-state index in [0.29, 0.717) is 5.92 Å². The number of hydrogen-bond acceptors (Lipinski definition) is 4. The van der Waals surface area contributed by atoms with E-state index in [0.717, 1.165) is 28.5 Å². The van der Waals surface area contributed by atoms with Crippen LogP contribution in [0, 0.1) is 5.92 Å². The Bertz CT molecular complexity index is 625. The van der Waals surface area contributed by atoms with Gasteiger partial charge in [0.2, 0.25) is 0 Å². The molecule has 2 aliphatic rings. The van der Waals surface area contributed by atoms with Crippen molar-refractivity contribution in [2.75, 3.05) is 19.5 Å². The van der Waals surface area contributed by atoms with E-state index in [2.05, 4.69) is 32.2 Å². The Labute approximate surface area is 145 Å². The molecular weight excluding hydrogens is 300 g/mol. The quantitative estimate of drug-likeness (QED) is 0.876. The van der Waals surface area contributed by atoms with Gasteiger partial charge in [0, 0.05) is 12.1 Å². The zero-order valence-corrected chi connectivity index (χ0v) is 15.6. The molecule has 0 radical (unpaired) electrons. The van der Waals surface area contributed by atoms with Crippen molar-refractivity contribution in [2.24, 2.45) is 10.9 Å². The van der Waals surface area contributed by atoms with Gasteiger partial charge in [-0.15, -0.1) is 0 Å². The third kappa shape index (κ3) is 3.38. The molecule has 0 saturated heterocycles. The number of nitrogens with zero attached hydrogens (tertiary/aromatic N) is 1. The van der Waals surface area contributed by atoms with Gasteiger partial charge in [-0.05, 0) is 39.5 Å². The van der Waals surface area contributed by atoms with Crippen LogP contribution in [0.1, 0.15) is 58.4 Å². The van der Waals surface area contributed by atoms with E-state index in [1.807, 2.05) is 6.07 Å². The molecule has 1 aliphatic heterocycles. The van der Waals surface area contributed by atoms with E-state index >= 15 is 0 Å². The number of rotatable bonds is 3. The van der Waals surface area contributed by atoms with E-state index in [1.165, 1.54) is 32.1 Å². The molecule has 1 unspecified atom stereocenters. The van der Waals surface area contributed by atoms with Gasteiger partial charge in [0.05, 0.1) is 42.8 Å². The molecule has 4 nitrogen and oxygen atoms in total. The highest BCUT2D eigenvalue weighted by molar-refractivity contribution is 6.16. The third-order valence-electron chi connectivity index (χ3n) is 4.97. The van der Waals surface area contributed by atoms with Crippen LogP contribution in [0.3, 0.4) is 0 Å². The standard InChI is InChI=1S/C20H30N2O2/c1-20(2,3)22-19-17-15(11-14(23-4)12-16(17)24-5)21-18(19)13-9-7-6-8-10-13/h11-13,18,21H,6-10H2,1-5H3. The summed E-state index contributed by atoms with van der Waals surface area (Å²) in [5, 5.41) is 3.74. The number of hydrogen-bond donors (Lipinski definition) is 1. The van der Waals surface area contributed by atoms with Crippen molar-refractivity contribution in [2.45, 2.75) is 64.5 Å². The van der Waals surface area contributed by atoms with Gasteiger partial charge in [-0.2, -0.15) is 0 Å². The minimum Gasteiger partial charge on any atom is -0.497 e. The fraction of sp³-hybridized carbons (Fsp3) is 0.650. The Hall–Kier alpha value is -1.71. The van der Waals surface area contributed by atoms with Crippen LogP contribution >= 0.6 is 0 Å². The molecule has 1 aromatic rings. The van der Waals surface area contributed by atoms with Crippen LogP contribution in [0.5, 0.6) is 11.5 Å². The summed E-state index contributed by atoms with van der Waals surface area (Å²) in [6.07, 6.45) is 6.55. The van der Waals surface area contributed by atoms with E-state index in [1.54, 1.807) is 14.2 Å². The lowest BCUT2D eigenvalue weighted by molar-refractivity contribution is 0.351. The number of aliphatic imine (C=N–C) groups is 1. The molecule has 24 heavy (non-hydrogen) atoms. The van der Waals surface area contributed by atoms with E-state index in [-0.39, 0.29) is 11.6 Å². The zero-order chi connectivity index (χ0) is 17.3. The molecule has 0 bridgehead atoms. The fourth-order valence-electron chi connectivity index (χ4n) is 3.93. The second-order valence-electron chi connectivity index (χ2n) is 7.94. The maximum Gasteiger partial charge on any atom is 0.133 e. The first-order valence-corrected chi connectivity index (χ1v) is 9.05. The highest BCUT2D eigenvalue weighted by Gasteiger charge is 2.38. The lowest BCUT2D eigenvalue weighted by Gasteiger charge is -2.29. The van der Waals surface area contributed by atoms with Crippen LogP contribution in [-0.2, 0) is 0 Å². The largest absolute Gasteiger partial charge is 0.497 e. The summed E-state index contributed by atoms with van der Waals surface area (Å²) in [4.78, 5) is 5.10. The molecule has 1 aliphatic carbocycles. The van der Waals surface area contributed by atoms with E-state index in [9.17, 15) is 0 Å². The van der Waals surface area contributed by atoms with Crippen molar-refractivity contribution in [3.05, 3.63) is 17.7 Å². The smallest absolute Gasteiger partial charge is 0.133 e. The molecule has 1 heterocycles. The molecule has 0 aromatic heterocycles. The summed E-state index contributed by atoms with van der Waals surface area (Å²) in [6, 6.07) is 4.31. The molecule has 0 amide bonds. The Morgan fingerprint density at radius 3 is 2.33 bits per heavy atom. The van der Waals surface area contributed by atoms with Gasteiger partial charge < -0.3 is 14.8 Å². The maximum absolute atomic E-state index is 5.68. The van der Waals surface area contributed by atoms with Crippen LogP contribution < -0.4 is 14.8 Å². The van der Waals surface area contributed by atoms with Crippen LogP contribution in [0.15, 0.2) is 17.1 Å². The second-order valence-corrected chi connectivity index (χ2v) is 7.94. The number of nitrogens with one attached hydrogen (secondary N) is 1. The summed E-state index contributed by atoms with van der Waals surface area (Å²) in [5.41, 5.74) is 3.24.